The fourth-order valence-corrected chi connectivity index (χ4v) is 4.92. The van der Waals surface area contributed by atoms with Crippen molar-refractivity contribution < 1.29 is 14.1 Å². The number of benzene rings is 2. The van der Waals surface area contributed by atoms with Gasteiger partial charge >= 0.3 is 0 Å². The van der Waals surface area contributed by atoms with Crippen molar-refractivity contribution >= 4 is 33.1 Å². The summed E-state index contributed by atoms with van der Waals surface area (Å²) in [6.45, 7) is 4.72. The first-order valence-electron chi connectivity index (χ1n) is 10.7. The van der Waals surface area contributed by atoms with Crippen molar-refractivity contribution in [2.45, 2.75) is 31.3 Å². The molecule has 0 saturated heterocycles. The highest BCUT2D eigenvalue weighted by atomic mass is 32.2. The van der Waals surface area contributed by atoms with Gasteiger partial charge in [-0.1, -0.05) is 50.2 Å². The smallest absolute Gasteiger partial charge is 0.195 e. The van der Waals surface area contributed by atoms with E-state index in [2.05, 4.69) is 58.1 Å². The molecule has 0 amide bonds. The van der Waals surface area contributed by atoms with Crippen LogP contribution in [-0.2, 0) is 17.5 Å². The SMILES string of the molecule is COc1cccc(CNc2ccc(S(=O)Nc3nc(-c4ccc(C(C)C)cc4)cs3)nc2)c1O. The van der Waals surface area contributed by atoms with E-state index < -0.39 is 11.0 Å². The number of pyridine rings is 1. The molecule has 7 nitrogen and oxygen atoms in total. The number of phenolic OH excluding ortho intramolecular Hbond substituents is 1. The van der Waals surface area contributed by atoms with E-state index in [0.29, 0.717) is 33.9 Å². The number of ether oxygens (including phenoxy) is 1. The van der Waals surface area contributed by atoms with Crippen LogP contribution >= 0.6 is 11.3 Å². The van der Waals surface area contributed by atoms with Gasteiger partial charge in [-0.15, -0.1) is 11.3 Å². The first-order valence-corrected chi connectivity index (χ1v) is 12.8. The second kappa shape index (κ2) is 10.7. The van der Waals surface area contributed by atoms with Crippen LogP contribution in [0, 0.1) is 0 Å². The quantitative estimate of drug-likeness (QED) is 0.273. The molecule has 2 aromatic heterocycles. The van der Waals surface area contributed by atoms with E-state index in [0.717, 1.165) is 16.9 Å². The van der Waals surface area contributed by atoms with Gasteiger partial charge in [-0.25, -0.2) is 14.2 Å². The number of aromatic hydroxyl groups is 1. The lowest BCUT2D eigenvalue weighted by atomic mass is 10.0. The normalized spacial score (nSPS) is 11.9. The van der Waals surface area contributed by atoms with E-state index >= 15 is 0 Å². The summed E-state index contributed by atoms with van der Waals surface area (Å²) in [5, 5.41) is 16.3. The molecule has 0 radical (unpaired) electrons. The van der Waals surface area contributed by atoms with Gasteiger partial charge in [0.25, 0.3) is 0 Å². The third kappa shape index (κ3) is 5.55. The second-order valence-corrected chi connectivity index (χ2v) is 9.91. The number of nitrogens with zero attached hydrogens (tertiary/aromatic N) is 2. The molecule has 4 aromatic rings. The minimum atomic E-state index is -1.54. The maximum absolute atomic E-state index is 12.7. The lowest BCUT2D eigenvalue weighted by Gasteiger charge is -2.11. The Bertz CT molecular complexity index is 1270. The molecule has 1 atom stereocenters. The summed E-state index contributed by atoms with van der Waals surface area (Å²) in [6, 6.07) is 17.2. The molecule has 4 rings (SSSR count). The molecule has 0 aliphatic heterocycles. The van der Waals surface area contributed by atoms with Crippen molar-refractivity contribution in [3.05, 3.63) is 77.3 Å². The van der Waals surface area contributed by atoms with Gasteiger partial charge in [0.2, 0.25) is 0 Å². The highest BCUT2D eigenvalue weighted by Gasteiger charge is 2.11. The number of thiazole rings is 1. The zero-order valence-electron chi connectivity index (χ0n) is 19.1. The Morgan fingerprint density at radius 3 is 2.59 bits per heavy atom. The molecule has 0 fully saturated rings. The number of hydrogen-bond donors (Lipinski definition) is 3. The van der Waals surface area contributed by atoms with Crippen molar-refractivity contribution in [1.29, 1.82) is 0 Å². The molecule has 2 aromatic carbocycles. The maximum atomic E-state index is 12.7. The van der Waals surface area contributed by atoms with E-state index in [1.165, 1.54) is 24.0 Å². The number of para-hydroxylation sites is 1. The highest BCUT2D eigenvalue weighted by molar-refractivity contribution is 7.86. The standard InChI is InChI=1S/C25H26N4O3S2/c1-16(2)17-7-9-18(10-8-17)21-15-33-25(28-21)29-34(31)23-12-11-20(14-27-23)26-13-19-5-4-6-22(32-3)24(19)30/h4-12,14-16,26,30H,13H2,1-3H3,(H,28,29). The molecule has 9 heteroatoms. The van der Waals surface area contributed by atoms with E-state index in [1.54, 1.807) is 24.4 Å². The molecular weight excluding hydrogens is 468 g/mol. The van der Waals surface area contributed by atoms with Gasteiger partial charge in [-0.2, -0.15) is 0 Å². The summed E-state index contributed by atoms with van der Waals surface area (Å²) in [7, 11) is -0.0275. The van der Waals surface area contributed by atoms with E-state index in [9.17, 15) is 9.32 Å². The molecule has 3 N–H and O–H groups in total. The monoisotopic (exact) mass is 494 g/mol. The van der Waals surface area contributed by atoms with Crippen molar-refractivity contribution in [2.75, 3.05) is 17.1 Å². The Kier molecular flexibility index (Phi) is 7.44. The molecule has 0 aliphatic carbocycles. The summed E-state index contributed by atoms with van der Waals surface area (Å²) >= 11 is 1.40. The third-order valence-corrected chi connectivity index (χ3v) is 7.16. The molecule has 2 heterocycles. The van der Waals surface area contributed by atoms with Crippen molar-refractivity contribution in [1.82, 2.24) is 9.97 Å². The zero-order chi connectivity index (χ0) is 24.1. The van der Waals surface area contributed by atoms with Gasteiger partial charge in [-0.05, 0) is 29.7 Å². The third-order valence-electron chi connectivity index (χ3n) is 5.27. The van der Waals surface area contributed by atoms with Crippen LogP contribution in [-0.4, -0.2) is 26.4 Å². The average Bonchev–Trinajstić information content (AvgIpc) is 3.32. The van der Waals surface area contributed by atoms with E-state index in [1.807, 2.05) is 17.5 Å². The summed E-state index contributed by atoms with van der Waals surface area (Å²) in [5.74, 6) is 1.01. The number of anilines is 2. The fraction of sp³-hybridized carbons (Fsp3) is 0.200. The minimum absolute atomic E-state index is 0.103. The number of phenols is 1. The average molecular weight is 495 g/mol. The van der Waals surface area contributed by atoms with E-state index in [4.69, 9.17) is 4.74 Å². The van der Waals surface area contributed by atoms with Crippen LogP contribution in [0.5, 0.6) is 11.5 Å². The Morgan fingerprint density at radius 2 is 1.91 bits per heavy atom. The Morgan fingerprint density at radius 1 is 1.12 bits per heavy atom. The van der Waals surface area contributed by atoms with Crippen LogP contribution in [0.25, 0.3) is 11.3 Å². The Labute approximate surface area is 205 Å². The van der Waals surface area contributed by atoms with Gasteiger partial charge in [0.05, 0.1) is 24.7 Å². The number of rotatable bonds is 9. The molecular formula is C25H26N4O3S2. The first kappa shape index (κ1) is 23.7. The molecule has 176 valence electrons. The first-order chi connectivity index (χ1) is 16.4. The summed E-state index contributed by atoms with van der Waals surface area (Å²) in [4.78, 5) is 8.86. The van der Waals surface area contributed by atoms with Crippen LogP contribution < -0.4 is 14.8 Å². The largest absolute Gasteiger partial charge is 0.504 e. The van der Waals surface area contributed by atoms with E-state index in [-0.39, 0.29) is 5.75 Å². The van der Waals surface area contributed by atoms with Crippen molar-refractivity contribution in [3.8, 4) is 22.8 Å². The van der Waals surface area contributed by atoms with Gasteiger partial charge in [-0.3, -0.25) is 4.72 Å². The summed E-state index contributed by atoms with van der Waals surface area (Å²) in [6.07, 6.45) is 1.61. The topological polar surface area (TPSA) is 96.4 Å². The second-order valence-electron chi connectivity index (χ2n) is 7.89. The number of hydrogen-bond acceptors (Lipinski definition) is 7. The van der Waals surface area contributed by atoms with Gasteiger partial charge in [0, 0.05) is 23.1 Å². The lowest BCUT2D eigenvalue weighted by Crippen LogP contribution is -2.07. The molecule has 0 bridgehead atoms. The predicted molar refractivity (Wildman–Crippen MR) is 138 cm³/mol. The predicted octanol–water partition coefficient (Wildman–Crippen LogP) is 5.79. The summed E-state index contributed by atoms with van der Waals surface area (Å²) in [5.41, 5.74) is 4.59. The zero-order valence-corrected chi connectivity index (χ0v) is 20.7. The lowest BCUT2D eigenvalue weighted by molar-refractivity contribution is 0.371. The number of nitrogens with one attached hydrogen (secondary N) is 2. The van der Waals surface area contributed by atoms with Crippen molar-refractivity contribution in [3.63, 3.8) is 0 Å². The van der Waals surface area contributed by atoms with Crippen LogP contribution in [0.4, 0.5) is 10.8 Å². The molecule has 0 spiro atoms. The fourth-order valence-electron chi connectivity index (χ4n) is 3.29. The molecule has 34 heavy (non-hydrogen) atoms. The number of aromatic nitrogens is 2. The van der Waals surface area contributed by atoms with Crippen LogP contribution in [0.1, 0.15) is 30.9 Å². The van der Waals surface area contributed by atoms with Crippen LogP contribution in [0.2, 0.25) is 0 Å². The molecule has 1 unspecified atom stereocenters. The highest BCUT2D eigenvalue weighted by Crippen LogP contribution is 2.30. The maximum Gasteiger partial charge on any atom is 0.195 e. The van der Waals surface area contributed by atoms with Gasteiger partial charge < -0.3 is 15.2 Å². The van der Waals surface area contributed by atoms with Crippen molar-refractivity contribution in [2.24, 2.45) is 0 Å². The molecule has 0 saturated carbocycles. The Balaban J connectivity index is 1.36. The molecule has 0 aliphatic rings. The summed E-state index contributed by atoms with van der Waals surface area (Å²) < 4.78 is 20.8. The van der Waals surface area contributed by atoms with Gasteiger partial charge in [0.1, 0.15) is 5.03 Å². The Hall–Kier alpha value is -3.43. The van der Waals surface area contributed by atoms with Crippen LogP contribution in [0.3, 0.4) is 0 Å². The van der Waals surface area contributed by atoms with Gasteiger partial charge in [0.15, 0.2) is 27.6 Å². The van der Waals surface area contributed by atoms with Crippen LogP contribution in [0.15, 0.2) is 71.2 Å². The number of methoxy groups -OCH3 is 1. The minimum Gasteiger partial charge on any atom is -0.504 e.